The van der Waals surface area contributed by atoms with E-state index >= 15 is 0 Å². The Morgan fingerprint density at radius 2 is 0.896 bits per heavy atom. The summed E-state index contributed by atoms with van der Waals surface area (Å²) in [5, 5.41) is 34.9. The molecular formula is C33H46F12N10O10S2. The molecule has 0 radical (unpaired) electrons. The number of thiazole rings is 2. The molecule has 20 nitrogen and oxygen atoms in total. The maximum absolute atomic E-state index is 12.0. The highest BCUT2D eigenvalue weighted by Gasteiger charge is 2.40. The third kappa shape index (κ3) is 38.7. The van der Waals surface area contributed by atoms with Gasteiger partial charge in [-0.3, -0.25) is 30.2 Å². The standard InChI is InChI=1S/C25H42N10O2S2.4C2HF3O2/c1-17-19(39-25(29)33-17)11-9-15-31-23(27)35-21(37)13-7-5-3-2-4-6-12-20(36)34-22(26)30-14-8-10-18-16-32-24(28)38-18;4*3-2(4,5)1(6)7/h16H,2-15H2,1H3,(H2,28,32)(H2,29,33)(H3,26,30,34,36)(H3,27,31,35,37);4*(H,6,7). The Kier molecular flexibility index (Phi) is 31.5. The van der Waals surface area contributed by atoms with Crippen molar-refractivity contribution in [2.24, 2.45) is 21.5 Å². The first-order valence-corrected chi connectivity index (χ1v) is 20.0. The number of aliphatic imine (C=N–C) groups is 2. The lowest BCUT2D eigenvalue weighted by Gasteiger charge is -2.06. The van der Waals surface area contributed by atoms with Gasteiger partial charge in [0, 0.05) is 41.9 Å². The van der Waals surface area contributed by atoms with Crippen LogP contribution in [0, 0.1) is 6.92 Å². The summed E-state index contributed by atoms with van der Waals surface area (Å²) in [4.78, 5) is 78.5. The largest absolute Gasteiger partial charge is 0.490 e. The van der Waals surface area contributed by atoms with E-state index in [-0.39, 0.29) is 23.7 Å². The maximum Gasteiger partial charge on any atom is 0.490 e. The third-order valence-electron chi connectivity index (χ3n) is 6.75. The molecule has 14 N–H and O–H groups in total. The molecule has 0 saturated heterocycles. The van der Waals surface area contributed by atoms with E-state index in [1.807, 2.05) is 6.92 Å². The van der Waals surface area contributed by atoms with Crippen LogP contribution >= 0.6 is 22.7 Å². The van der Waals surface area contributed by atoms with Crippen LogP contribution in [-0.2, 0) is 41.6 Å². The fourth-order valence-corrected chi connectivity index (χ4v) is 5.38. The number of alkyl halides is 12. The van der Waals surface area contributed by atoms with Crippen molar-refractivity contribution in [2.75, 3.05) is 24.6 Å². The second-order valence-corrected chi connectivity index (χ2v) is 14.7. The lowest BCUT2D eigenvalue weighted by Crippen LogP contribution is -2.36. The molecule has 0 fully saturated rings. The van der Waals surface area contributed by atoms with Gasteiger partial charge in [-0.1, -0.05) is 25.7 Å². The van der Waals surface area contributed by atoms with Gasteiger partial charge in [0.05, 0.1) is 5.69 Å². The van der Waals surface area contributed by atoms with E-state index in [2.05, 4.69) is 30.6 Å². The summed E-state index contributed by atoms with van der Waals surface area (Å²) in [6, 6.07) is 0. The van der Waals surface area contributed by atoms with Gasteiger partial charge in [0.2, 0.25) is 11.8 Å². The van der Waals surface area contributed by atoms with Crippen molar-refractivity contribution in [2.45, 2.75) is 109 Å². The summed E-state index contributed by atoms with van der Waals surface area (Å²) in [5.74, 6) is -11.0. The predicted octanol–water partition coefficient (Wildman–Crippen LogP) is 5.15. The monoisotopic (exact) mass is 1030 g/mol. The second kappa shape index (κ2) is 32.5. The number of guanidine groups is 2. The van der Waals surface area contributed by atoms with Crippen LogP contribution in [0.25, 0.3) is 0 Å². The number of carboxylic acid groups (broad SMARTS) is 4. The van der Waals surface area contributed by atoms with Crippen LogP contribution in [0.1, 0.15) is 79.7 Å². The number of halogens is 12. The highest BCUT2D eigenvalue weighted by Crippen LogP contribution is 2.21. The Balaban J connectivity index is -0.00000117. The number of nitrogens with one attached hydrogen (secondary N) is 2. The minimum absolute atomic E-state index is 0.119. The van der Waals surface area contributed by atoms with E-state index in [4.69, 9.17) is 62.5 Å². The summed E-state index contributed by atoms with van der Waals surface area (Å²) < 4.78 is 127. The number of nitrogen functional groups attached to an aromatic ring is 2. The highest BCUT2D eigenvalue weighted by atomic mass is 32.1. The minimum atomic E-state index is -5.08. The van der Waals surface area contributed by atoms with E-state index in [1.165, 1.54) is 22.7 Å². The van der Waals surface area contributed by atoms with Gasteiger partial charge in [0.1, 0.15) is 0 Å². The number of aryl methyl sites for hydroxylation is 3. The summed E-state index contributed by atoms with van der Waals surface area (Å²) in [6.07, 6.45) is -8.96. The van der Waals surface area contributed by atoms with Crippen LogP contribution in [0.3, 0.4) is 0 Å². The number of hydrogen-bond donors (Lipinski definition) is 10. The number of nitrogens with two attached hydrogens (primary N) is 4. The Morgan fingerprint density at radius 1 is 0.567 bits per heavy atom. The molecule has 0 aliphatic heterocycles. The van der Waals surface area contributed by atoms with Crippen LogP contribution in [-0.4, -0.2) is 116 Å². The van der Waals surface area contributed by atoms with Gasteiger partial charge in [-0.25, -0.2) is 29.1 Å². The zero-order chi connectivity index (χ0) is 52.8. The van der Waals surface area contributed by atoms with Gasteiger partial charge in [-0.15, -0.1) is 22.7 Å². The number of aliphatic carboxylic acids is 4. The van der Waals surface area contributed by atoms with Crippen LogP contribution in [0.15, 0.2) is 16.2 Å². The van der Waals surface area contributed by atoms with Gasteiger partial charge in [0.15, 0.2) is 22.2 Å². The van der Waals surface area contributed by atoms with Gasteiger partial charge in [-0.2, -0.15) is 52.7 Å². The van der Waals surface area contributed by atoms with E-state index in [9.17, 15) is 62.3 Å². The molecule has 0 spiro atoms. The molecule has 0 unspecified atom stereocenters. The van der Waals surface area contributed by atoms with E-state index in [1.54, 1.807) is 6.20 Å². The van der Waals surface area contributed by atoms with Crippen molar-refractivity contribution in [3.05, 3.63) is 21.6 Å². The fourth-order valence-electron chi connectivity index (χ4n) is 3.78. The number of aromatic nitrogens is 2. The number of carboxylic acids is 4. The van der Waals surface area contributed by atoms with Crippen molar-refractivity contribution in [1.82, 2.24) is 20.6 Å². The lowest BCUT2D eigenvalue weighted by molar-refractivity contribution is -0.193. The SMILES string of the molecule is Cc1nc(N)sc1CCCN=C(N)NC(=O)CCCCCCCCC(=O)NC(N)=NCCCc1cnc(N)s1.O=C(O)C(F)(F)F.O=C(O)C(F)(F)F.O=C(O)C(F)(F)F.O=C(O)C(F)(F)F. The Labute approximate surface area is 378 Å². The molecule has 0 atom stereocenters. The average molecular weight is 1030 g/mol. The molecule has 2 rings (SSSR count). The van der Waals surface area contributed by atoms with E-state index < -0.39 is 48.6 Å². The molecular weight excluding hydrogens is 989 g/mol. The third-order valence-corrected chi connectivity index (χ3v) is 8.68. The molecule has 67 heavy (non-hydrogen) atoms. The Bertz CT molecular complexity index is 1810. The minimum Gasteiger partial charge on any atom is -0.475 e. The van der Waals surface area contributed by atoms with Crippen molar-refractivity contribution in [3.8, 4) is 0 Å². The van der Waals surface area contributed by atoms with Crippen LogP contribution in [0.2, 0.25) is 0 Å². The first-order valence-electron chi connectivity index (χ1n) is 18.3. The summed E-state index contributed by atoms with van der Waals surface area (Å²) in [5.41, 5.74) is 23.9. The van der Waals surface area contributed by atoms with Gasteiger partial charge in [-0.05, 0) is 45.4 Å². The first-order chi connectivity index (χ1) is 30.5. The normalized spacial score (nSPS) is 11.7. The van der Waals surface area contributed by atoms with Gasteiger partial charge >= 0.3 is 48.6 Å². The first kappa shape index (κ1) is 65.1. The predicted molar refractivity (Wildman–Crippen MR) is 215 cm³/mol. The summed E-state index contributed by atoms with van der Waals surface area (Å²) >= 11 is 2.96. The lowest BCUT2D eigenvalue weighted by atomic mass is 10.1. The summed E-state index contributed by atoms with van der Waals surface area (Å²) in [7, 11) is 0. The zero-order valence-electron chi connectivity index (χ0n) is 34.7. The molecule has 384 valence electrons. The second-order valence-electron chi connectivity index (χ2n) is 12.4. The Morgan fingerprint density at radius 3 is 1.18 bits per heavy atom. The molecule has 2 heterocycles. The van der Waals surface area contributed by atoms with Gasteiger partial charge < -0.3 is 43.4 Å². The molecule has 2 aromatic heterocycles. The quantitative estimate of drug-likeness (QED) is 0.0424. The summed E-state index contributed by atoms with van der Waals surface area (Å²) in [6.45, 7) is 3.01. The number of amides is 2. The molecule has 34 heteroatoms. The Hall–Kier alpha value is -6.22. The number of nitrogens with zero attached hydrogens (tertiary/aromatic N) is 4. The number of hydrogen-bond acceptors (Lipinski definition) is 14. The van der Waals surface area contributed by atoms with E-state index in [0.29, 0.717) is 36.2 Å². The highest BCUT2D eigenvalue weighted by molar-refractivity contribution is 7.15. The van der Waals surface area contributed by atoms with Crippen molar-refractivity contribution in [3.63, 3.8) is 0 Å². The zero-order valence-corrected chi connectivity index (χ0v) is 36.3. The average Bonchev–Trinajstić information content (AvgIpc) is 3.74. The molecule has 0 aliphatic rings. The van der Waals surface area contributed by atoms with E-state index in [0.717, 1.165) is 79.7 Å². The van der Waals surface area contributed by atoms with Crippen molar-refractivity contribution >= 4 is 80.5 Å². The smallest absolute Gasteiger partial charge is 0.475 e. The number of carbonyl (C=O) groups excluding carboxylic acids is 2. The van der Waals surface area contributed by atoms with Crippen LogP contribution in [0.5, 0.6) is 0 Å². The topological polar surface area (TPSA) is 362 Å². The number of unbranched alkanes of at least 4 members (excludes halogenated alkanes) is 5. The van der Waals surface area contributed by atoms with Crippen LogP contribution < -0.4 is 33.6 Å². The maximum atomic E-state index is 12.0. The fraction of sp³-hybridized carbons (Fsp3) is 0.576. The molecule has 2 aromatic rings. The molecule has 2 amide bonds. The molecule has 0 aliphatic carbocycles. The number of anilines is 2. The van der Waals surface area contributed by atoms with Crippen LogP contribution in [0.4, 0.5) is 62.9 Å². The van der Waals surface area contributed by atoms with Crippen molar-refractivity contribution in [1.29, 1.82) is 0 Å². The molecule has 0 aromatic carbocycles. The molecule has 0 saturated carbocycles. The number of rotatable bonds is 17. The van der Waals surface area contributed by atoms with Gasteiger partial charge in [0.25, 0.3) is 0 Å². The molecule has 0 bridgehead atoms. The van der Waals surface area contributed by atoms with Crippen molar-refractivity contribution < 1.29 is 102 Å². The number of carbonyl (C=O) groups is 6.